The number of thiophene rings is 1. The molecule has 2 heterocycles. The molecule has 1 aliphatic rings. The maximum absolute atomic E-state index is 13.2. The van der Waals surface area contributed by atoms with Gasteiger partial charge in [0.15, 0.2) is 6.10 Å². The molecule has 0 N–H and O–H groups in total. The second-order valence-electron chi connectivity index (χ2n) is 4.53. The minimum atomic E-state index is -0.570. The van der Waals surface area contributed by atoms with Crippen LogP contribution in [-0.4, -0.2) is 36.6 Å². The zero-order valence-corrected chi connectivity index (χ0v) is 11.3. The maximum atomic E-state index is 13.2. The SMILES string of the molecule is N#CC1CN(C(=O)c2cc3ccc(F)cc3s2)CCO1. The van der Waals surface area contributed by atoms with Crippen molar-refractivity contribution >= 4 is 27.3 Å². The van der Waals surface area contributed by atoms with Gasteiger partial charge in [0.1, 0.15) is 5.82 Å². The van der Waals surface area contributed by atoms with Crippen LogP contribution in [-0.2, 0) is 4.74 Å². The zero-order chi connectivity index (χ0) is 14.1. The molecule has 1 aliphatic heterocycles. The smallest absolute Gasteiger partial charge is 0.264 e. The van der Waals surface area contributed by atoms with Gasteiger partial charge in [-0.05, 0) is 23.6 Å². The van der Waals surface area contributed by atoms with Crippen molar-refractivity contribution in [1.29, 1.82) is 5.26 Å². The van der Waals surface area contributed by atoms with Gasteiger partial charge in [-0.2, -0.15) is 5.26 Å². The third kappa shape index (κ3) is 2.38. The first-order valence-electron chi connectivity index (χ1n) is 6.17. The van der Waals surface area contributed by atoms with E-state index >= 15 is 0 Å². The van der Waals surface area contributed by atoms with Gasteiger partial charge in [0.2, 0.25) is 0 Å². The van der Waals surface area contributed by atoms with Gasteiger partial charge in [-0.1, -0.05) is 6.07 Å². The van der Waals surface area contributed by atoms with E-state index in [0.29, 0.717) is 18.0 Å². The number of hydrogen-bond acceptors (Lipinski definition) is 4. The molecular formula is C14H11FN2O2S. The Morgan fingerprint density at radius 1 is 1.50 bits per heavy atom. The van der Waals surface area contributed by atoms with E-state index in [1.165, 1.54) is 23.5 Å². The van der Waals surface area contributed by atoms with E-state index in [4.69, 9.17) is 10.00 Å². The highest BCUT2D eigenvalue weighted by Gasteiger charge is 2.25. The Hall–Kier alpha value is -1.97. The number of nitrogens with zero attached hydrogens (tertiary/aromatic N) is 2. The molecular weight excluding hydrogens is 279 g/mol. The normalized spacial score (nSPS) is 19.0. The first-order valence-corrected chi connectivity index (χ1v) is 6.98. The van der Waals surface area contributed by atoms with Gasteiger partial charge in [-0.3, -0.25) is 4.79 Å². The predicted molar refractivity (Wildman–Crippen MR) is 73.0 cm³/mol. The fourth-order valence-electron chi connectivity index (χ4n) is 2.18. The number of carbonyl (C=O) groups excluding carboxylic acids is 1. The number of fused-ring (bicyclic) bond motifs is 1. The molecule has 102 valence electrons. The summed E-state index contributed by atoms with van der Waals surface area (Å²) in [4.78, 5) is 14.6. The lowest BCUT2D eigenvalue weighted by Gasteiger charge is -2.29. The van der Waals surface area contributed by atoms with Crippen LogP contribution >= 0.6 is 11.3 Å². The van der Waals surface area contributed by atoms with Crippen LogP contribution < -0.4 is 0 Å². The van der Waals surface area contributed by atoms with Crippen LogP contribution in [0.3, 0.4) is 0 Å². The van der Waals surface area contributed by atoms with E-state index in [-0.39, 0.29) is 18.3 Å². The first kappa shape index (κ1) is 13.0. The molecule has 0 saturated carbocycles. The summed E-state index contributed by atoms with van der Waals surface area (Å²) in [7, 11) is 0. The van der Waals surface area contributed by atoms with Crippen LogP contribution in [0.5, 0.6) is 0 Å². The fraction of sp³-hybridized carbons (Fsp3) is 0.286. The average molecular weight is 290 g/mol. The number of carbonyl (C=O) groups is 1. The van der Waals surface area contributed by atoms with Gasteiger partial charge in [-0.25, -0.2) is 4.39 Å². The molecule has 20 heavy (non-hydrogen) atoms. The van der Waals surface area contributed by atoms with E-state index in [1.54, 1.807) is 17.0 Å². The molecule has 4 nitrogen and oxygen atoms in total. The number of rotatable bonds is 1. The van der Waals surface area contributed by atoms with Crippen LogP contribution in [0.15, 0.2) is 24.3 Å². The molecule has 0 aliphatic carbocycles. The third-order valence-corrected chi connectivity index (χ3v) is 4.28. The zero-order valence-electron chi connectivity index (χ0n) is 10.5. The van der Waals surface area contributed by atoms with Crippen molar-refractivity contribution in [2.45, 2.75) is 6.10 Å². The summed E-state index contributed by atoms with van der Waals surface area (Å²) in [6.07, 6.45) is -0.570. The number of benzene rings is 1. The van der Waals surface area contributed by atoms with Crippen LogP contribution in [0, 0.1) is 17.1 Å². The summed E-state index contributed by atoms with van der Waals surface area (Å²) in [6.45, 7) is 1.11. The fourth-order valence-corrected chi connectivity index (χ4v) is 3.23. The Kier molecular flexibility index (Phi) is 3.38. The Morgan fingerprint density at radius 2 is 2.35 bits per heavy atom. The lowest BCUT2D eigenvalue weighted by Crippen LogP contribution is -2.44. The number of halogens is 1. The molecule has 1 aromatic carbocycles. The van der Waals surface area contributed by atoms with Crippen LogP contribution in [0.1, 0.15) is 9.67 Å². The van der Waals surface area contributed by atoms with E-state index < -0.39 is 6.10 Å². The lowest BCUT2D eigenvalue weighted by atomic mass is 10.2. The van der Waals surface area contributed by atoms with Gasteiger partial charge in [0.05, 0.1) is 24.1 Å². The summed E-state index contributed by atoms with van der Waals surface area (Å²) in [5, 5.41) is 9.71. The van der Waals surface area contributed by atoms with Crippen molar-refractivity contribution in [3.63, 3.8) is 0 Å². The van der Waals surface area contributed by atoms with E-state index in [0.717, 1.165) is 10.1 Å². The number of hydrogen-bond donors (Lipinski definition) is 0. The Morgan fingerprint density at radius 3 is 3.15 bits per heavy atom. The van der Waals surface area contributed by atoms with Gasteiger partial charge in [0, 0.05) is 11.2 Å². The number of ether oxygens (including phenoxy) is 1. The monoisotopic (exact) mass is 290 g/mol. The van der Waals surface area contributed by atoms with Gasteiger partial charge in [-0.15, -0.1) is 11.3 Å². The van der Waals surface area contributed by atoms with Crippen molar-refractivity contribution in [2.75, 3.05) is 19.7 Å². The largest absolute Gasteiger partial charge is 0.360 e. The van der Waals surface area contributed by atoms with Crippen LogP contribution in [0.25, 0.3) is 10.1 Å². The van der Waals surface area contributed by atoms with Crippen molar-refractivity contribution in [3.8, 4) is 6.07 Å². The van der Waals surface area contributed by atoms with E-state index in [9.17, 15) is 9.18 Å². The molecule has 6 heteroatoms. The minimum Gasteiger partial charge on any atom is -0.360 e. The van der Waals surface area contributed by atoms with Crippen LogP contribution in [0.2, 0.25) is 0 Å². The van der Waals surface area contributed by atoms with Crippen LogP contribution in [0.4, 0.5) is 4.39 Å². The topological polar surface area (TPSA) is 53.3 Å². The molecule has 1 saturated heterocycles. The maximum Gasteiger partial charge on any atom is 0.264 e. The summed E-state index contributed by atoms with van der Waals surface area (Å²) in [5.41, 5.74) is 0. The first-order chi connectivity index (χ1) is 9.67. The molecule has 1 fully saturated rings. The van der Waals surface area contributed by atoms with Gasteiger partial charge < -0.3 is 9.64 Å². The van der Waals surface area contributed by atoms with Gasteiger partial charge >= 0.3 is 0 Å². The summed E-state index contributed by atoms with van der Waals surface area (Å²) in [6, 6.07) is 8.24. The highest BCUT2D eigenvalue weighted by molar-refractivity contribution is 7.20. The van der Waals surface area contributed by atoms with Gasteiger partial charge in [0.25, 0.3) is 5.91 Å². The van der Waals surface area contributed by atoms with Crippen molar-refractivity contribution < 1.29 is 13.9 Å². The van der Waals surface area contributed by atoms with E-state index in [2.05, 4.69) is 0 Å². The highest BCUT2D eigenvalue weighted by atomic mass is 32.1. The van der Waals surface area contributed by atoms with Crippen molar-refractivity contribution in [1.82, 2.24) is 4.90 Å². The molecule has 1 atom stereocenters. The standard InChI is InChI=1S/C14H11FN2O2S/c15-10-2-1-9-5-13(20-12(9)6-10)14(18)17-3-4-19-11(7-16)8-17/h1-2,5-6,11H,3-4,8H2. The van der Waals surface area contributed by atoms with E-state index in [1.807, 2.05) is 6.07 Å². The Labute approximate surface area is 119 Å². The average Bonchev–Trinajstić information content (AvgIpc) is 2.89. The van der Waals surface area contributed by atoms with Crippen molar-refractivity contribution in [2.24, 2.45) is 0 Å². The number of morpholine rings is 1. The molecule has 0 bridgehead atoms. The highest BCUT2D eigenvalue weighted by Crippen LogP contribution is 2.27. The number of amides is 1. The lowest BCUT2D eigenvalue weighted by molar-refractivity contribution is 0.00370. The number of nitriles is 1. The molecule has 1 unspecified atom stereocenters. The van der Waals surface area contributed by atoms with Crippen molar-refractivity contribution in [3.05, 3.63) is 35.0 Å². The predicted octanol–water partition coefficient (Wildman–Crippen LogP) is 2.40. The molecule has 1 amide bonds. The molecule has 2 aromatic rings. The Bertz CT molecular complexity index is 707. The Balaban J connectivity index is 1.87. The molecule has 3 rings (SSSR count). The summed E-state index contributed by atoms with van der Waals surface area (Å²) in [5.74, 6) is -0.440. The second-order valence-corrected chi connectivity index (χ2v) is 5.62. The summed E-state index contributed by atoms with van der Waals surface area (Å²) >= 11 is 1.27. The molecule has 0 radical (unpaired) electrons. The molecule has 0 spiro atoms. The third-order valence-electron chi connectivity index (χ3n) is 3.19. The quantitative estimate of drug-likeness (QED) is 0.810. The summed E-state index contributed by atoms with van der Waals surface area (Å²) < 4.78 is 19.1. The second kappa shape index (κ2) is 5.19. The minimum absolute atomic E-state index is 0.129. The molecule has 1 aromatic heterocycles.